The van der Waals surface area contributed by atoms with E-state index in [1.807, 2.05) is 18.0 Å². The molecule has 0 spiro atoms. The van der Waals surface area contributed by atoms with Crippen molar-refractivity contribution in [1.29, 1.82) is 0 Å². The van der Waals surface area contributed by atoms with Gasteiger partial charge in [-0.2, -0.15) is 0 Å². The van der Waals surface area contributed by atoms with E-state index in [1.165, 1.54) is 34.7 Å². The van der Waals surface area contributed by atoms with E-state index in [-0.39, 0.29) is 0 Å². The molecule has 2 heteroatoms. The second-order valence-electron chi connectivity index (χ2n) is 2.83. The van der Waals surface area contributed by atoms with Crippen molar-refractivity contribution in [2.75, 3.05) is 5.75 Å². The Labute approximate surface area is 71.2 Å². The molecule has 1 aliphatic heterocycles. The van der Waals surface area contributed by atoms with Gasteiger partial charge in [0.2, 0.25) is 0 Å². The molecule has 0 aliphatic carbocycles. The van der Waals surface area contributed by atoms with Crippen LogP contribution < -0.4 is 0 Å². The maximum Gasteiger partial charge on any atom is 0.0415 e. The van der Waals surface area contributed by atoms with Crippen LogP contribution >= 0.6 is 11.8 Å². The molecule has 1 aromatic heterocycles. The lowest BCUT2D eigenvalue weighted by atomic mass is 10.1. The van der Waals surface area contributed by atoms with Gasteiger partial charge in [0, 0.05) is 16.8 Å². The number of thioether (sulfide) groups is 1. The molecule has 0 saturated heterocycles. The highest BCUT2D eigenvalue weighted by Gasteiger charge is 2.11. The summed E-state index contributed by atoms with van der Waals surface area (Å²) in [6.07, 6.45) is 4.44. The van der Waals surface area contributed by atoms with Crippen molar-refractivity contribution in [3.8, 4) is 0 Å². The first-order valence-corrected chi connectivity index (χ1v) is 4.94. The van der Waals surface area contributed by atoms with Crippen molar-refractivity contribution < 1.29 is 0 Å². The zero-order valence-electron chi connectivity index (χ0n) is 6.63. The van der Waals surface area contributed by atoms with Crippen LogP contribution in [0.5, 0.6) is 0 Å². The summed E-state index contributed by atoms with van der Waals surface area (Å²) < 4.78 is 0. The Morgan fingerprint density at radius 1 is 1.55 bits per heavy atom. The minimum absolute atomic E-state index is 1.22. The molecule has 0 N–H and O–H groups in total. The number of nitrogens with zero attached hydrogens (tertiary/aromatic N) is 1. The molecule has 0 unspecified atom stereocenters. The average Bonchev–Trinajstić information content (AvgIpc) is 2.06. The standard InChI is InChI=1S/C9H11NS/c1-7-8-3-2-6-11-9(8)4-5-10-7/h4-5H,2-3,6H2,1H3. The highest BCUT2D eigenvalue weighted by molar-refractivity contribution is 7.99. The van der Waals surface area contributed by atoms with Crippen molar-refractivity contribution in [1.82, 2.24) is 4.98 Å². The number of aromatic nitrogens is 1. The normalized spacial score (nSPS) is 16.1. The van der Waals surface area contributed by atoms with Crippen LogP contribution in [-0.2, 0) is 6.42 Å². The molecule has 0 bridgehead atoms. The summed E-state index contributed by atoms with van der Waals surface area (Å²) in [5.74, 6) is 1.27. The van der Waals surface area contributed by atoms with Crippen LogP contribution in [0.3, 0.4) is 0 Å². The average molecular weight is 165 g/mol. The van der Waals surface area contributed by atoms with Crippen LogP contribution in [0.25, 0.3) is 0 Å². The molecule has 0 fully saturated rings. The number of pyridine rings is 1. The smallest absolute Gasteiger partial charge is 0.0415 e. The van der Waals surface area contributed by atoms with Gasteiger partial charge in [0.25, 0.3) is 0 Å². The van der Waals surface area contributed by atoms with Crippen LogP contribution in [0, 0.1) is 6.92 Å². The molecule has 1 nitrogen and oxygen atoms in total. The van der Waals surface area contributed by atoms with E-state index in [0.29, 0.717) is 0 Å². The van der Waals surface area contributed by atoms with Gasteiger partial charge in [-0.3, -0.25) is 4.98 Å². The van der Waals surface area contributed by atoms with Crippen LogP contribution in [0.15, 0.2) is 17.2 Å². The summed E-state index contributed by atoms with van der Waals surface area (Å²) in [7, 11) is 0. The first-order valence-electron chi connectivity index (χ1n) is 3.95. The maximum atomic E-state index is 4.28. The second kappa shape index (κ2) is 2.86. The monoisotopic (exact) mass is 165 g/mol. The van der Waals surface area contributed by atoms with Gasteiger partial charge >= 0.3 is 0 Å². The summed E-state index contributed by atoms with van der Waals surface area (Å²) in [6, 6.07) is 2.13. The maximum absolute atomic E-state index is 4.28. The van der Waals surface area contributed by atoms with Gasteiger partial charge in [0.1, 0.15) is 0 Å². The molecule has 0 saturated carbocycles. The first kappa shape index (κ1) is 7.17. The number of hydrogen-bond donors (Lipinski definition) is 0. The molecule has 1 aliphatic rings. The Kier molecular flexibility index (Phi) is 1.86. The third kappa shape index (κ3) is 1.27. The molecule has 11 heavy (non-hydrogen) atoms. The zero-order valence-corrected chi connectivity index (χ0v) is 7.45. The highest BCUT2D eigenvalue weighted by Crippen LogP contribution is 2.30. The fourth-order valence-corrected chi connectivity index (χ4v) is 2.53. The van der Waals surface area contributed by atoms with E-state index in [4.69, 9.17) is 0 Å². The molecule has 2 rings (SSSR count). The Balaban J connectivity index is 2.49. The summed E-state index contributed by atoms with van der Waals surface area (Å²) in [6.45, 7) is 2.10. The molecular weight excluding hydrogens is 154 g/mol. The van der Waals surface area contributed by atoms with Gasteiger partial charge in [-0.05, 0) is 37.1 Å². The number of hydrogen-bond acceptors (Lipinski definition) is 2. The Morgan fingerprint density at radius 2 is 2.45 bits per heavy atom. The molecule has 0 aromatic carbocycles. The van der Waals surface area contributed by atoms with Crippen LogP contribution in [-0.4, -0.2) is 10.7 Å². The summed E-state index contributed by atoms with van der Waals surface area (Å²) in [4.78, 5) is 5.73. The van der Waals surface area contributed by atoms with Gasteiger partial charge in [0.05, 0.1) is 0 Å². The van der Waals surface area contributed by atoms with E-state index >= 15 is 0 Å². The summed E-state index contributed by atoms with van der Waals surface area (Å²) in [5.41, 5.74) is 2.69. The van der Waals surface area contributed by atoms with Gasteiger partial charge in [-0.25, -0.2) is 0 Å². The predicted molar refractivity (Wildman–Crippen MR) is 48.0 cm³/mol. The van der Waals surface area contributed by atoms with Crippen LogP contribution in [0.4, 0.5) is 0 Å². The minimum Gasteiger partial charge on any atom is -0.261 e. The number of rotatable bonds is 0. The third-order valence-electron chi connectivity index (χ3n) is 2.06. The van der Waals surface area contributed by atoms with E-state index in [0.717, 1.165) is 0 Å². The molecule has 0 amide bonds. The fourth-order valence-electron chi connectivity index (χ4n) is 1.44. The first-order chi connectivity index (χ1) is 5.38. The molecule has 1 aromatic rings. The third-order valence-corrected chi connectivity index (χ3v) is 3.24. The van der Waals surface area contributed by atoms with Crippen molar-refractivity contribution >= 4 is 11.8 Å². The van der Waals surface area contributed by atoms with E-state index in [2.05, 4.69) is 18.0 Å². The quantitative estimate of drug-likeness (QED) is 0.585. The minimum atomic E-state index is 1.22. The molecule has 0 radical (unpaired) electrons. The predicted octanol–water partition coefficient (Wildman–Crippen LogP) is 2.43. The Morgan fingerprint density at radius 3 is 3.27 bits per heavy atom. The van der Waals surface area contributed by atoms with Crippen molar-refractivity contribution in [2.45, 2.75) is 24.7 Å². The molecule has 58 valence electrons. The van der Waals surface area contributed by atoms with Crippen molar-refractivity contribution in [3.63, 3.8) is 0 Å². The van der Waals surface area contributed by atoms with Gasteiger partial charge in [0.15, 0.2) is 0 Å². The number of aryl methyl sites for hydroxylation is 1. The summed E-state index contributed by atoms with van der Waals surface area (Å²) >= 11 is 1.96. The molecule has 2 heterocycles. The van der Waals surface area contributed by atoms with Gasteiger partial charge in [-0.1, -0.05) is 0 Å². The lowest BCUT2D eigenvalue weighted by molar-refractivity contribution is 0.861. The van der Waals surface area contributed by atoms with E-state index in [9.17, 15) is 0 Å². The molecular formula is C9H11NS. The molecule has 0 atom stereocenters. The van der Waals surface area contributed by atoms with Crippen LogP contribution in [0.1, 0.15) is 17.7 Å². The lowest BCUT2D eigenvalue weighted by Gasteiger charge is -2.15. The zero-order chi connectivity index (χ0) is 7.68. The van der Waals surface area contributed by atoms with Gasteiger partial charge in [-0.15, -0.1) is 11.8 Å². The van der Waals surface area contributed by atoms with Crippen LogP contribution in [0.2, 0.25) is 0 Å². The second-order valence-corrected chi connectivity index (χ2v) is 3.96. The largest absolute Gasteiger partial charge is 0.261 e. The Hall–Kier alpha value is -0.500. The topological polar surface area (TPSA) is 12.9 Å². The fraction of sp³-hybridized carbons (Fsp3) is 0.444. The SMILES string of the molecule is Cc1nccc2c1CCCS2. The lowest BCUT2D eigenvalue weighted by Crippen LogP contribution is -2.01. The highest BCUT2D eigenvalue weighted by atomic mass is 32.2. The number of fused-ring (bicyclic) bond motifs is 1. The van der Waals surface area contributed by atoms with Crippen molar-refractivity contribution in [3.05, 3.63) is 23.5 Å². The van der Waals surface area contributed by atoms with Crippen molar-refractivity contribution in [2.24, 2.45) is 0 Å². The van der Waals surface area contributed by atoms with E-state index in [1.54, 1.807) is 0 Å². The summed E-state index contributed by atoms with van der Waals surface area (Å²) in [5, 5.41) is 0. The Bertz CT molecular complexity index is 270. The van der Waals surface area contributed by atoms with Gasteiger partial charge < -0.3 is 0 Å². The van der Waals surface area contributed by atoms with E-state index < -0.39 is 0 Å².